The third-order valence-corrected chi connectivity index (χ3v) is 2.74. The number of nitrogens with zero attached hydrogens (tertiary/aromatic N) is 1. The number of benzene rings is 1. The minimum Gasteiger partial charge on any atom is -0.399 e. The van der Waals surface area contributed by atoms with E-state index in [2.05, 4.69) is 0 Å². The molecular formula is C12H12N2O2. The van der Waals surface area contributed by atoms with E-state index in [-0.39, 0.29) is 11.8 Å². The van der Waals surface area contributed by atoms with Crippen LogP contribution in [0.15, 0.2) is 35.4 Å². The number of rotatable bonds is 1. The van der Waals surface area contributed by atoms with Crippen molar-refractivity contribution in [3.8, 4) is 0 Å². The Morgan fingerprint density at radius 1 is 1.06 bits per heavy atom. The predicted octanol–water partition coefficient (Wildman–Crippen LogP) is 1.48. The van der Waals surface area contributed by atoms with Crippen molar-refractivity contribution in [3.05, 3.63) is 35.4 Å². The van der Waals surface area contributed by atoms with Crippen LogP contribution in [0.3, 0.4) is 0 Å². The first kappa shape index (κ1) is 10.4. The average Bonchev–Trinajstić information content (AvgIpc) is 2.44. The van der Waals surface area contributed by atoms with Crippen LogP contribution < -0.4 is 10.6 Å². The number of anilines is 2. The third kappa shape index (κ3) is 1.39. The molecule has 82 valence electrons. The molecular weight excluding hydrogens is 204 g/mol. The summed E-state index contributed by atoms with van der Waals surface area (Å²) in [7, 11) is 0. The van der Waals surface area contributed by atoms with Gasteiger partial charge in [-0.25, -0.2) is 4.90 Å². The molecule has 0 unspecified atom stereocenters. The maximum atomic E-state index is 11.8. The third-order valence-electron chi connectivity index (χ3n) is 2.74. The molecule has 2 N–H and O–H groups in total. The number of carbonyl (C=O) groups is 2. The summed E-state index contributed by atoms with van der Waals surface area (Å²) < 4.78 is 0. The van der Waals surface area contributed by atoms with Crippen LogP contribution in [-0.2, 0) is 9.59 Å². The minimum atomic E-state index is -0.270. The first-order valence-electron chi connectivity index (χ1n) is 4.94. The van der Waals surface area contributed by atoms with Crippen LogP contribution in [0.1, 0.15) is 13.8 Å². The summed E-state index contributed by atoms with van der Waals surface area (Å²) in [6, 6.07) is 6.73. The highest BCUT2D eigenvalue weighted by atomic mass is 16.2. The van der Waals surface area contributed by atoms with Gasteiger partial charge in [-0.3, -0.25) is 9.59 Å². The van der Waals surface area contributed by atoms with E-state index in [4.69, 9.17) is 5.73 Å². The van der Waals surface area contributed by atoms with Crippen LogP contribution in [0.2, 0.25) is 0 Å². The van der Waals surface area contributed by atoms with Crippen molar-refractivity contribution >= 4 is 23.2 Å². The van der Waals surface area contributed by atoms with Crippen LogP contribution in [0.4, 0.5) is 11.4 Å². The molecule has 1 aliphatic rings. The summed E-state index contributed by atoms with van der Waals surface area (Å²) in [5, 5.41) is 0. The molecule has 2 amide bonds. The largest absolute Gasteiger partial charge is 0.399 e. The molecule has 2 rings (SSSR count). The SMILES string of the molecule is CC1=C(C)C(=O)N(c2cccc(N)c2)C1=O. The lowest BCUT2D eigenvalue weighted by Crippen LogP contribution is -2.31. The molecule has 1 aliphatic heterocycles. The minimum absolute atomic E-state index is 0.270. The van der Waals surface area contributed by atoms with Gasteiger partial charge in [0.1, 0.15) is 0 Å². The molecule has 1 heterocycles. The van der Waals surface area contributed by atoms with Crippen molar-refractivity contribution in [2.45, 2.75) is 13.8 Å². The molecule has 4 heteroatoms. The quantitative estimate of drug-likeness (QED) is 0.571. The van der Waals surface area contributed by atoms with E-state index in [0.717, 1.165) is 4.90 Å². The van der Waals surface area contributed by atoms with Crippen LogP contribution in [-0.4, -0.2) is 11.8 Å². The van der Waals surface area contributed by atoms with Gasteiger partial charge in [0, 0.05) is 16.8 Å². The zero-order valence-electron chi connectivity index (χ0n) is 9.15. The first-order valence-corrected chi connectivity index (χ1v) is 4.94. The lowest BCUT2D eigenvalue weighted by Gasteiger charge is -2.15. The fourth-order valence-corrected chi connectivity index (χ4v) is 1.65. The summed E-state index contributed by atoms with van der Waals surface area (Å²) in [6.45, 7) is 3.31. The summed E-state index contributed by atoms with van der Waals surface area (Å²) in [6.07, 6.45) is 0. The molecule has 0 atom stereocenters. The van der Waals surface area contributed by atoms with Crippen molar-refractivity contribution < 1.29 is 9.59 Å². The van der Waals surface area contributed by atoms with Crippen molar-refractivity contribution in [1.29, 1.82) is 0 Å². The predicted molar refractivity (Wildman–Crippen MR) is 61.7 cm³/mol. The Morgan fingerprint density at radius 2 is 1.62 bits per heavy atom. The van der Waals surface area contributed by atoms with Crippen molar-refractivity contribution in [2.24, 2.45) is 0 Å². The second kappa shape index (κ2) is 3.48. The number of nitrogens with two attached hydrogens (primary N) is 1. The smallest absolute Gasteiger partial charge is 0.261 e. The Labute approximate surface area is 93.3 Å². The average molecular weight is 216 g/mol. The first-order chi connectivity index (χ1) is 7.52. The number of hydrogen-bond acceptors (Lipinski definition) is 3. The Morgan fingerprint density at radius 3 is 2.12 bits per heavy atom. The lowest BCUT2D eigenvalue weighted by molar-refractivity contribution is -0.120. The van der Waals surface area contributed by atoms with Gasteiger partial charge in [0.2, 0.25) is 0 Å². The molecule has 0 radical (unpaired) electrons. The maximum Gasteiger partial charge on any atom is 0.261 e. The van der Waals surface area contributed by atoms with E-state index < -0.39 is 0 Å². The molecule has 0 saturated carbocycles. The zero-order valence-corrected chi connectivity index (χ0v) is 9.15. The summed E-state index contributed by atoms with van der Waals surface area (Å²) in [5.74, 6) is -0.541. The van der Waals surface area contributed by atoms with Crippen molar-refractivity contribution in [2.75, 3.05) is 10.6 Å². The molecule has 0 spiro atoms. The molecule has 0 aliphatic carbocycles. The van der Waals surface area contributed by atoms with Gasteiger partial charge in [-0.15, -0.1) is 0 Å². The number of nitrogen functional groups attached to an aromatic ring is 1. The van der Waals surface area contributed by atoms with E-state index in [1.54, 1.807) is 38.1 Å². The van der Waals surface area contributed by atoms with E-state index in [1.807, 2.05) is 0 Å². The van der Waals surface area contributed by atoms with Gasteiger partial charge in [-0.2, -0.15) is 0 Å². The van der Waals surface area contributed by atoms with Crippen molar-refractivity contribution in [1.82, 2.24) is 0 Å². The Bertz CT molecular complexity index is 494. The van der Waals surface area contributed by atoms with E-state index in [0.29, 0.717) is 22.5 Å². The highest BCUT2D eigenvalue weighted by Gasteiger charge is 2.34. The van der Waals surface area contributed by atoms with Gasteiger partial charge in [0.05, 0.1) is 5.69 Å². The fourth-order valence-electron chi connectivity index (χ4n) is 1.65. The lowest BCUT2D eigenvalue weighted by atomic mass is 10.2. The molecule has 4 nitrogen and oxygen atoms in total. The van der Waals surface area contributed by atoms with Gasteiger partial charge >= 0.3 is 0 Å². The highest BCUT2D eigenvalue weighted by molar-refractivity contribution is 6.32. The Balaban J connectivity index is 2.46. The highest BCUT2D eigenvalue weighted by Crippen LogP contribution is 2.27. The van der Waals surface area contributed by atoms with Crippen LogP contribution >= 0.6 is 0 Å². The van der Waals surface area contributed by atoms with Gasteiger partial charge in [-0.1, -0.05) is 6.07 Å². The molecule has 1 aromatic rings. The monoisotopic (exact) mass is 216 g/mol. The molecule has 16 heavy (non-hydrogen) atoms. The van der Waals surface area contributed by atoms with Gasteiger partial charge in [-0.05, 0) is 32.0 Å². The normalized spacial score (nSPS) is 16.2. The van der Waals surface area contributed by atoms with Gasteiger partial charge in [0.15, 0.2) is 0 Å². The molecule has 0 saturated heterocycles. The van der Waals surface area contributed by atoms with E-state index >= 15 is 0 Å². The zero-order chi connectivity index (χ0) is 11.9. The van der Waals surface area contributed by atoms with Gasteiger partial charge in [0.25, 0.3) is 11.8 Å². The van der Waals surface area contributed by atoms with Gasteiger partial charge < -0.3 is 5.73 Å². The molecule has 0 fully saturated rings. The standard InChI is InChI=1S/C12H12N2O2/c1-7-8(2)12(16)14(11(7)15)10-5-3-4-9(13)6-10/h3-6H,13H2,1-2H3. The number of amides is 2. The fraction of sp³-hybridized carbons (Fsp3) is 0.167. The topological polar surface area (TPSA) is 63.4 Å². The summed E-state index contributed by atoms with van der Waals surface area (Å²) in [5.41, 5.74) is 7.66. The second-order valence-electron chi connectivity index (χ2n) is 3.79. The number of hydrogen-bond donors (Lipinski definition) is 1. The Hall–Kier alpha value is -2.10. The van der Waals surface area contributed by atoms with Crippen molar-refractivity contribution in [3.63, 3.8) is 0 Å². The number of imide groups is 1. The van der Waals surface area contributed by atoms with E-state index in [9.17, 15) is 9.59 Å². The van der Waals surface area contributed by atoms with Crippen LogP contribution in [0.25, 0.3) is 0 Å². The van der Waals surface area contributed by atoms with Crippen LogP contribution in [0.5, 0.6) is 0 Å². The molecule has 1 aromatic carbocycles. The Kier molecular flexibility index (Phi) is 2.27. The van der Waals surface area contributed by atoms with E-state index in [1.165, 1.54) is 0 Å². The summed E-state index contributed by atoms with van der Waals surface area (Å²) >= 11 is 0. The molecule has 0 aromatic heterocycles. The van der Waals surface area contributed by atoms with Crippen LogP contribution in [0, 0.1) is 0 Å². The number of carbonyl (C=O) groups excluding carboxylic acids is 2. The molecule has 0 bridgehead atoms. The second-order valence-corrected chi connectivity index (χ2v) is 3.79. The maximum absolute atomic E-state index is 11.8. The summed E-state index contributed by atoms with van der Waals surface area (Å²) in [4.78, 5) is 24.8.